The van der Waals surface area contributed by atoms with Crippen LogP contribution in [0.1, 0.15) is 10.4 Å². The van der Waals surface area contributed by atoms with Crippen molar-refractivity contribution in [2.75, 3.05) is 0 Å². The summed E-state index contributed by atoms with van der Waals surface area (Å²) >= 11 is 1.40. The lowest BCUT2D eigenvalue weighted by atomic mass is 10.2. The van der Waals surface area contributed by atoms with Gasteiger partial charge in [-0.1, -0.05) is 22.7 Å². The second kappa shape index (κ2) is 5.31. The summed E-state index contributed by atoms with van der Waals surface area (Å²) in [5.74, 6) is 0.858. The van der Waals surface area contributed by atoms with E-state index < -0.39 is 0 Å². The Morgan fingerprint density at radius 1 is 1.14 bits per heavy atom. The molecule has 0 saturated carbocycles. The number of benzene rings is 1. The van der Waals surface area contributed by atoms with Crippen LogP contribution in [0.3, 0.4) is 0 Å². The first-order valence-corrected chi connectivity index (χ1v) is 7.74. The average Bonchev–Trinajstić information content (AvgIpc) is 3.12. The van der Waals surface area contributed by atoms with Crippen molar-refractivity contribution >= 4 is 22.6 Å². The molecule has 0 aliphatic heterocycles. The molecule has 6 heteroatoms. The summed E-state index contributed by atoms with van der Waals surface area (Å²) in [6.45, 7) is 2.73. The van der Waals surface area contributed by atoms with Crippen LogP contribution in [0, 0.1) is 6.92 Å². The molecule has 0 spiro atoms. The molecule has 4 rings (SSSR count). The summed E-state index contributed by atoms with van der Waals surface area (Å²) in [6, 6.07) is 12.1. The standard InChI is InChI=1S/C16H13N5S/c1-11-15(19-20-22-11)16-18-13-6-2-3-7-14(13)21(16)10-12-5-4-8-17-9-12/h2-9H,10H2,1H3. The van der Waals surface area contributed by atoms with E-state index in [2.05, 4.69) is 31.3 Å². The Morgan fingerprint density at radius 3 is 2.82 bits per heavy atom. The van der Waals surface area contributed by atoms with Gasteiger partial charge >= 0.3 is 0 Å². The molecule has 0 radical (unpaired) electrons. The molecule has 0 amide bonds. The van der Waals surface area contributed by atoms with Crippen molar-refractivity contribution in [3.05, 3.63) is 59.2 Å². The van der Waals surface area contributed by atoms with E-state index in [-0.39, 0.29) is 0 Å². The van der Waals surface area contributed by atoms with Gasteiger partial charge in [-0.25, -0.2) is 4.98 Å². The Balaban J connectivity index is 1.93. The van der Waals surface area contributed by atoms with Gasteiger partial charge in [0.2, 0.25) is 0 Å². The van der Waals surface area contributed by atoms with Crippen LogP contribution in [-0.2, 0) is 6.54 Å². The first kappa shape index (κ1) is 13.1. The Kier molecular flexibility index (Phi) is 3.16. The van der Waals surface area contributed by atoms with Crippen molar-refractivity contribution in [3.8, 4) is 11.5 Å². The molecule has 0 bridgehead atoms. The Labute approximate surface area is 131 Å². The minimum absolute atomic E-state index is 0.709. The number of hydrogen-bond acceptors (Lipinski definition) is 5. The maximum Gasteiger partial charge on any atom is 0.163 e. The molecule has 4 aromatic rings. The van der Waals surface area contributed by atoms with Crippen LogP contribution in [0.4, 0.5) is 0 Å². The second-order valence-electron chi connectivity index (χ2n) is 5.05. The predicted molar refractivity (Wildman–Crippen MR) is 86.7 cm³/mol. The van der Waals surface area contributed by atoms with E-state index in [1.165, 1.54) is 11.5 Å². The number of fused-ring (bicyclic) bond motifs is 1. The van der Waals surface area contributed by atoms with E-state index in [0.717, 1.165) is 33.0 Å². The van der Waals surface area contributed by atoms with Gasteiger partial charge in [0, 0.05) is 12.4 Å². The molecule has 5 nitrogen and oxygen atoms in total. The molecular weight excluding hydrogens is 294 g/mol. The maximum atomic E-state index is 4.76. The lowest BCUT2D eigenvalue weighted by molar-refractivity contribution is 0.824. The van der Waals surface area contributed by atoms with Gasteiger partial charge in [0.05, 0.1) is 22.5 Å². The predicted octanol–water partition coefficient (Wildman–Crippen LogP) is 3.31. The number of aryl methyl sites for hydroxylation is 1. The van der Waals surface area contributed by atoms with Gasteiger partial charge in [-0.3, -0.25) is 4.98 Å². The fourth-order valence-electron chi connectivity index (χ4n) is 2.53. The summed E-state index contributed by atoms with van der Waals surface area (Å²) in [4.78, 5) is 10.0. The molecule has 0 N–H and O–H groups in total. The minimum atomic E-state index is 0.709. The number of hydrogen-bond donors (Lipinski definition) is 0. The van der Waals surface area contributed by atoms with E-state index >= 15 is 0 Å². The van der Waals surface area contributed by atoms with Gasteiger partial charge in [0.15, 0.2) is 5.82 Å². The van der Waals surface area contributed by atoms with E-state index in [4.69, 9.17) is 4.98 Å². The van der Waals surface area contributed by atoms with Gasteiger partial charge in [-0.15, -0.1) is 5.10 Å². The Bertz CT molecular complexity index is 926. The summed E-state index contributed by atoms with van der Waals surface area (Å²) in [5, 5.41) is 4.25. The topological polar surface area (TPSA) is 56.5 Å². The van der Waals surface area contributed by atoms with Crippen LogP contribution >= 0.6 is 11.5 Å². The Hall–Kier alpha value is -2.60. The molecule has 0 atom stereocenters. The monoisotopic (exact) mass is 307 g/mol. The van der Waals surface area contributed by atoms with Crippen LogP contribution in [0.25, 0.3) is 22.6 Å². The van der Waals surface area contributed by atoms with Crippen molar-refractivity contribution in [3.63, 3.8) is 0 Å². The van der Waals surface area contributed by atoms with Crippen LogP contribution in [0.15, 0.2) is 48.8 Å². The molecule has 1 aromatic carbocycles. The third-order valence-corrected chi connectivity index (χ3v) is 4.21. The lowest BCUT2D eigenvalue weighted by Gasteiger charge is -2.08. The van der Waals surface area contributed by atoms with E-state index in [0.29, 0.717) is 6.54 Å². The van der Waals surface area contributed by atoms with Gasteiger partial charge in [-0.2, -0.15) is 0 Å². The third-order valence-electron chi connectivity index (χ3n) is 3.58. The highest BCUT2D eigenvalue weighted by Gasteiger charge is 2.17. The maximum absolute atomic E-state index is 4.76. The Morgan fingerprint density at radius 2 is 2.05 bits per heavy atom. The largest absolute Gasteiger partial charge is 0.318 e. The molecule has 3 aromatic heterocycles. The van der Waals surface area contributed by atoms with Crippen LogP contribution in [0.5, 0.6) is 0 Å². The molecular formula is C16H13N5S. The van der Waals surface area contributed by atoms with Gasteiger partial charge in [-0.05, 0) is 42.2 Å². The molecule has 0 aliphatic rings. The second-order valence-corrected chi connectivity index (χ2v) is 6.01. The first-order valence-electron chi connectivity index (χ1n) is 6.96. The minimum Gasteiger partial charge on any atom is -0.318 e. The van der Waals surface area contributed by atoms with Crippen molar-refractivity contribution in [1.29, 1.82) is 0 Å². The average molecular weight is 307 g/mol. The zero-order valence-corrected chi connectivity index (χ0v) is 12.8. The molecule has 0 saturated heterocycles. The van der Waals surface area contributed by atoms with E-state index in [1.54, 1.807) is 6.20 Å². The van der Waals surface area contributed by atoms with E-state index in [9.17, 15) is 0 Å². The molecule has 22 heavy (non-hydrogen) atoms. The van der Waals surface area contributed by atoms with Gasteiger partial charge in [0.1, 0.15) is 5.69 Å². The van der Waals surface area contributed by atoms with Crippen LogP contribution in [0.2, 0.25) is 0 Å². The normalized spacial score (nSPS) is 11.1. The van der Waals surface area contributed by atoms with Crippen molar-refractivity contribution in [2.24, 2.45) is 0 Å². The number of aromatic nitrogens is 5. The molecule has 0 aliphatic carbocycles. The van der Waals surface area contributed by atoms with E-state index in [1.807, 2.05) is 37.4 Å². The number of rotatable bonds is 3. The fraction of sp³-hybridized carbons (Fsp3) is 0.125. The number of nitrogens with zero attached hydrogens (tertiary/aromatic N) is 5. The van der Waals surface area contributed by atoms with Crippen LogP contribution < -0.4 is 0 Å². The van der Waals surface area contributed by atoms with Crippen LogP contribution in [-0.4, -0.2) is 24.1 Å². The highest BCUT2D eigenvalue weighted by atomic mass is 32.1. The van der Waals surface area contributed by atoms with Gasteiger partial charge < -0.3 is 4.57 Å². The molecule has 0 fully saturated rings. The molecule has 3 heterocycles. The zero-order chi connectivity index (χ0) is 14.9. The zero-order valence-electron chi connectivity index (χ0n) is 12.0. The number of para-hydroxylation sites is 2. The lowest BCUT2D eigenvalue weighted by Crippen LogP contribution is -2.03. The van der Waals surface area contributed by atoms with Crippen molar-refractivity contribution in [2.45, 2.75) is 13.5 Å². The number of pyridine rings is 1. The van der Waals surface area contributed by atoms with Crippen molar-refractivity contribution < 1.29 is 0 Å². The highest BCUT2D eigenvalue weighted by Crippen LogP contribution is 2.27. The summed E-state index contributed by atoms with van der Waals surface area (Å²) in [7, 11) is 0. The smallest absolute Gasteiger partial charge is 0.163 e. The highest BCUT2D eigenvalue weighted by molar-refractivity contribution is 7.05. The SMILES string of the molecule is Cc1snnc1-c1nc2ccccc2n1Cc1cccnc1. The number of imidazole rings is 1. The fourth-order valence-corrected chi connectivity index (χ4v) is 2.99. The summed E-state index contributed by atoms with van der Waals surface area (Å²) in [5.41, 5.74) is 4.04. The molecule has 0 unspecified atom stereocenters. The van der Waals surface area contributed by atoms with Crippen molar-refractivity contribution in [1.82, 2.24) is 24.1 Å². The quantitative estimate of drug-likeness (QED) is 0.582. The summed E-state index contributed by atoms with van der Waals surface area (Å²) in [6.07, 6.45) is 3.66. The molecule has 108 valence electrons. The third kappa shape index (κ3) is 2.17. The summed E-state index contributed by atoms with van der Waals surface area (Å²) < 4.78 is 6.22. The van der Waals surface area contributed by atoms with Gasteiger partial charge in [0.25, 0.3) is 0 Å². The first-order chi connectivity index (χ1) is 10.8.